The van der Waals surface area contributed by atoms with Crippen LogP contribution in [0.15, 0.2) is 48.3 Å². The average molecular weight is 367 g/mol. The smallest absolute Gasteiger partial charge is 0.333 e. The number of halogens is 3. The van der Waals surface area contributed by atoms with Crippen LogP contribution in [0, 0.1) is 5.82 Å². The Kier molecular flexibility index (Phi) is 5.02. The highest BCUT2D eigenvalue weighted by Gasteiger charge is 2.21. The zero-order valence-electron chi connectivity index (χ0n) is 12.5. The molecule has 0 amide bonds. The number of hydrogen-bond donors (Lipinski definition) is 0. The number of hydrogen-bond acceptors (Lipinski definition) is 4. The van der Waals surface area contributed by atoms with E-state index in [1.165, 1.54) is 12.1 Å². The van der Waals surface area contributed by atoms with Crippen molar-refractivity contribution in [2.45, 2.75) is 13.1 Å². The Morgan fingerprint density at radius 1 is 1.21 bits per heavy atom. The molecule has 0 N–H and O–H groups in total. The van der Waals surface area contributed by atoms with Crippen LogP contribution in [0.4, 0.5) is 4.39 Å². The fourth-order valence-electron chi connectivity index (χ4n) is 2.40. The molecule has 3 rings (SSSR count). The molecule has 0 unspecified atom stereocenters. The van der Waals surface area contributed by atoms with E-state index in [9.17, 15) is 9.18 Å². The van der Waals surface area contributed by atoms with E-state index < -0.39 is 11.8 Å². The molecule has 2 heterocycles. The highest BCUT2D eigenvalue weighted by atomic mass is 35.5. The first-order valence-corrected chi connectivity index (χ1v) is 7.94. The minimum absolute atomic E-state index is 0.145. The van der Waals surface area contributed by atoms with Crippen LogP contribution >= 0.6 is 23.2 Å². The van der Waals surface area contributed by atoms with Crippen molar-refractivity contribution in [1.29, 1.82) is 0 Å². The third-order valence-electron chi connectivity index (χ3n) is 3.63. The van der Waals surface area contributed by atoms with E-state index in [1.807, 2.05) is 11.0 Å². The summed E-state index contributed by atoms with van der Waals surface area (Å²) in [7, 11) is 0. The van der Waals surface area contributed by atoms with Gasteiger partial charge in [0, 0.05) is 35.9 Å². The van der Waals surface area contributed by atoms with Crippen molar-refractivity contribution >= 4 is 29.2 Å². The first-order valence-electron chi connectivity index (χ1n) is 7.18. The summed E-state index contributed by atoms with van der Waals surface area (Å²) in [6, 6.07) is 8.04. The predicted molar refractivity (Wildman–Crippen MR) is 88.9 cm³/mol. The van der Waals surface area contributed by atoms with Gasteiger partial charge >= 0.3 is 5.97 Å². The van der Waals surface area contributed by atoms with Gasteiger partial charge in [-0.15, -0.1) is 0 Å². The van der Waals surface area contributed by atoms with Crippen LogP contribution in [0.25, 0.3) is 0 Å². The summed E-state index contributed by atoms with van der Waals surface area (Å²) in [5.74, 6) is -0.809. The van der Waals surface area contributed by atoms with E-state index in [4.69, 9.17) is 27.9 Å². The predicted octanol–water partition coefficient (Wildman–Crippen LogP) is 3.97. The molecule has 0 aliphatic carbocycles. The summed E-state index contributed by atoms with van der Waals surface area (Å²) in [5.41, 5.74) is 1.89. The van der Waals surface area contributed by atoms with E-state index in [1.54, 1.807) is 24.4 Å². The van der Waals surface area contributed by atoms with Crippen LogP contribution in [0.2, 0.25) is 10.2 Å². The fraction of sp³-hybridized carbons (Fsp3) is 0.176. The molecule has 1 aliphatic rings. The van der Waals surface area contributed by atoms with Gasteiger partial charge in [0.15, 0.2) is 0 Å². The minimum Gasteiger partial charge on any atom is -0.456 e. The van der Waals surface area contributed by atoms with Gasteiger partial charge in [-0.25, -0.2) is 14.2 Å². The minimum atomic E-state index is -0.413. The number of aromatic nitrogens is 1. The second-order valence-electron chi connectivity index (χ2n) is 5.29. The molecule has 0 spiro atoms. The number of nitrogens with zero attached hydrogens (tertiary/aromatic N) is 2. The fourth-order valence-corrected chi connectivity index (χ4v) is 2.74. The van der Waals surface area contributed by atoms with E-state index in [0.29, 0.717) is 28.0 Å². The van der Waals surface area contributed by atoms with Gasteiger partial charge in [-0.3, -0.25) is 0 Å². The second-order valence-corrected chi connectivity index (χ2v) is 6.08. The molecular formula is C17H13Cl2FN2O2. The first kappa shape index (κ1) is 16.7. The summed E-state index contributed by atoms with van der Waals surface area (Å²) in [6.45, 7) is 0.764. The van der Waals surface area contributed by atoms with Crippen molar-refractivity contribution in [2.24, 2.45) is 0 Å². The van der Waals surface area contributed by atoms with Gasteiger partial charge in [0.05, 0.1) is 5.70 Å². The molecule has 4 nitrogen and oxygen atoms in total. The third kappa shape index (κ3) is 3.86. The lowest BCUT2D eigenvalue weighted by atomic mass is 10.1. The van der Waals surface area contributed by atoms with E-state index in [-0.39, 0.29) is 13.2 Å². The maximum atomic E-state index is 14.1. The largest absolute Gasteiger partial charge is 0.456 e. The van der Waals surface area contributed by atoms with Crippen LogP contribution in [0.3, 0.4) is 0 Å². The molecule has 1 aliphatic heterocycles. The molecule has 0 radical (unpaired) electrons. The molecule has 0 fully saturated rings. The Bertz CT molecular complexity index is 773. The van der Waals surface area contributed by atoms with E-state index in [0.717, 1.165) is 5.56 Å². The number of pyridine rings is 1. The lowest BCUT2D eigenvalue weighted by Crippen LogP contribution is -2.24. The number of rotatable bonds is 5. The molecule has 7 heteroatoms. The van der Waals surface area contributed by atoms with Crippen LogP contribution in [-0.4, -0.2) is 22.5 Å². The lowest BCUT2D eigenvalue weighted by molar-refractivity contribution is -0.135. The number of benzene rings is 1. The summed E-state index contributed by atoms with van der Waals surface area (Å²) >= 11 is 11.9. The van der Waals surface area contributed by atoms with Gasteiger partial charge in [0.25, 0.3) is 0 Å². The quantitative estimate of drug-likeness (QED) is 0.593. The van der Waals surface area contributed by atoms with E-state index in [2.05, 4.69) is 4.98 Å². The number of carbonyl (C=O) groups is 1. The molecule has 24 heavy (non-hydrogen) atoms. The van der Waals surface area contributed by atoms with Crippen molar-refractivity contribution in [1.82, 2.24) is 9.88 Å². The van der Waals surface area contributed by atoms with Crippen molar-refractivity contribution in [3.8, 4) is 0 Å². The van der Waals surface area contributed by atoms with Gasteiger partial charge in [0.2, 0.25) is 0 Å². The maximum Gasteiger partial charge on any atom is 0.333 e. The van der Waals surface area contributed by atoms with Gasteiger partial charge in [-0.1, -0.05) is 35.3 Å². The van der Waals surface area contributed by atoms with Crippen molar-refractivity contribution in [3.63, 3.8) is 0 Å². The lowest BCUT2D eigenvalue weighted by Gasteiger charge is -2.25. The van der Waals surface area contributed by atoms with Gasteiger partial charge in [0.1, 0.15) is 17.6 Å². The number of ether oxygens (including phenoxy) is 1. The highest BCUT2D eigenvalue weighted by molar-refractivity contribution is 6.31. The van der Waals surface area contributed by atoms with Crippen LogP contribution in [0.1, 0.15) is 11.1 Å². The number of esters is 1. The normalized spacial score (nSPS) is 13.6. The van der Waals surface area contributed by atoms with Crippen LogP contribution in [0.5, 0.6) is 0 Å². The Hall–Kier alpha value is -2.11. The molecule has 0 saturated carbocycles. The number of carbonyl (C=O) groups excluding carboxylic acids is 1. The SMILES string of the molecule is O=C1C=C(N(Cc2ccc(Cl)nc2)Cc2c(F)cccc2Cl)CO1. The summed E-state index contributed by atoms with van der Waals surface area (Å²) in [5, 5.41) is 0.723. The van der Waals surface area contributed by atoms with Crippen molar-refractivity contribution in [3.05, 3.63) is 75.4 Å². The Labute approximate surface area is 148 Å². The summed E-state index contributed by atoms with van der Waals surface area (Å²) < 4.78 is 19.1. The Morgan fingerprint density at radius 2 is 2.04 bits per heavy atom. The topological polar surface area (TPSA) is 42.4 Å². The average Bonchev–Trinajstić information content (AvgIpc) is 2.98. The van der Waals surface area contributed by atoms with E-state index >= 15 is 0 Å². The Balaban J connectivity index is 1.89. The van der Waals surface area contributed by atoms with Gasteiger partial charge in [-0.05, 0) is 23.8 Å². The molecular weight excluding hydrogens is 354 g/mol. The van der Waals surface area contributed by atoms with Crippen LogP contribution < -0.4 is 0 Å². The van der Waals surface area contributed by atoms with Gasteiger partial charge < -0.3 is 9.64 Å². The molecule has 2 aromatic rings. The molecule has 1 aromatic heterocycles. The summed E-state index contributed by atoms with van der Waals surface area (Å²) in [4.78, 5) is 17.3. The molecule has 124 valence electrons. The number of cyclic esters (lactones) is 1. The second kappa shape index (κ2) is 7.20. The van der Waals surface area contributed by atoms with Crippen molar-refractivity contribution < 1.29 is 13.9 Å². The molecule has 0 atom stereocenters. The summed E-state index contributed by atoms with van der Waals surface area (Å²) in [6.07, 6.45) is 3.04. The maximum absolute atomic E-state index is 14.1. The van der Waals surface area contributed by atoms with Crippen molar-refractivity contribution in [2.75, 3.05) is 6.61 Å². The highest BCUT2D eigenvalue weighted by Crippen LogP contribution is 2.25. The molecule has 0 bridgehead atoms. The zero-order chi connectivity index (χ0) is 17.1. The zero-order valence-corrected chi connectivity index (χ0v) is 14.0. The third-order valence-corrected chi connectivity index (χ3v) is 4.20. The Morgan fingerprint density at radius 3 is 2.67 bits per heavy atom. The monoisotopic (exact) mass is 366 g/mol. The molecule has 0 saturated heterocycles. The first-order chi connectivity index (χ1) is 11.5. The van der Waals surface area contributed by atoms with Crippen LogP contribution in [-0.2, 0) is 22.6 Å². The standard InChI is InChI=1S/C17H13Cl2FN2O2/c18-14-2-1-3-15(20)13(14)9-22(12-6-17(23)24-10-12)8-11-4-5-16(19)21-7-11/h1-7H,8-10H2. The van der Waals surface area contributed by atoms with Gasteiger partial charge in [-0.2, -0.15) is 0 Å². The molecule has 1 aromatic carbocycles.